The van der Waals surface area contributed by atoms with Crippen molar-refractivity contribution < 1.29 is 5.11 Å². The lowest BCUT2D eigenvalue weighted by Gasteiger charge is -2.07. The largest absolute Gasteiger partial charge is 0.394 e. The summed E-state index contributed by atoms with van der Waals surface area (Å²) in [6, 6.07) is 8.28. The number of aromatic nitrogens is 2. The zero-order chi connectivity index (χ0) is 14.5. The van der Waals surface area contributed by atoms with Crippen molar-refractivity contribution in [3.63, 3.8) is 0 Å². The van der Waals surface area contributed by atoms with E-state index in [1.54, 1.807) is 0 Å². The molecule has 0 unspecified atom stereocenters. The number of nitrogens with one attached hydrogen (secondary N) is 1. The third kappa shape index (κ3) is 3.69. The molecule has 0 spiro atoms. The second-order valence-electron chi connectivity index (χ2n) is 4.83. The van der Waals surface area contributed by atoms with Gasteiger partial charge in [0.05, 0.1) is 18.8 Å². The molecule has 1 aromatic heterocycles. The van der Waals surface area contributed by atoms with E-state index in [4.69, 9.17) is 5.11 Å². The highest BCUT2D eigenvalue weighted by atomic mass is 79.9. The average molecular weight is 338 g/mol. The zero-order valence-electron chi connectivity index (χ0n) is 11.9. The van der Waals surface area contributed by atoms with Crippen LogP contribution in [0.4, 0.5) is 0 Å². The molecule has 0 fully saturated rings. The molecule has 0 amide bonds. The van der Waals surface area contributed by atoms with Crippen LogP contribution in [0.1, 0.15) is 22.5 Å². The minimum Gasteiger partial charge on any atom is -0.394 e. The van der Waals surface area contributed by atoms with Crippen molar-refractivity contribution in [1.29, 1.82) is 0 Å². The van der Waals surface area contributed by atoms with E-state index in [0.717, 1.165) is 29.0 Å². The van der Waals surface area contributed by atoms with Gasteiger partial charge in [-0.05, 0) is 31.5 Å². The number of hydrogen-bond acceptors (Lipinski definition) is 3. The SMILES string of the molecule is Cc1nn(CCO)c(C)c1CNCc1cccc(Br)c1. The Morgan fingerprint density at radius 1 is 1.30 bits per heavy atom. The summed E-state index contributed by atoms with van der Waals surface area (Å²) < 4.78 is 2.96. The fraction of sp³-hybridized carbons (Fsp3) is 0.400. The van der Waals surface area contributed by atoms with E-state index in [0.29, 0.717) is 6.54 Å². The molecule has 4 nitrogen and oxygen atoms in total. The molecule has 0 bridgehead atoms. The van der Waals surface area contributed by atoms with E-state index >= 15 is 0 Å². The quantitative estimate of drug-likeness (QED) is 0.851. The normalized spacial score (nSPS) is 11.0. The van der Waals surface area contributed by atoms with Gasteiger partial charge in [-0.25, -0.2) is 0 Å². The van der Waals surface area contributed by atoms with Crippen LogP contribution in [0.5, 0.6) is 0 Å². The molecule has 2 rings (SSSR count). The minimum absolute atomic E-state index is 0.118. The van der Waals surface area contributed by atoms with Crippen LogP contribution in [0, 0.1) is 13.8 Å². The van der Waals surface area contributed by atoms with Crippen molar-refractivity contribution >= 4 is 15.9 Å². The van der Waals surface area contributed by atoms with Crippen LogP contribution in [0.15, 0.2) is 28.7 Å². The maximum absolute atomic E-state index is 9.01. The highest BCUT2D eigenvalue weighted by molar-refractivity contribution is 9.10. The van der Waals surface area contributed by atoms with Gasteiger partial charge in [0, 0.05) is 28.8 Å². The summed E-state index contributed by atoms with van der Waals surface area (Å²) in [5.41, 5.74) is 4.61. The van der Waals surface area contributed by atoms with Crippen molar-refractivity contribution in [3.05, 3.63) is 51.3 Å². The van der Waals surface area contributed by atoms with Gasteiger partial charge in [-0.2, -0.15) is 5.10 Å². The molecule has 0 saturated heterocycles. The van der Waals surface area contributed by atoms with Crippen LogP contribution in [0.3, 0.4) is 0 Å². The maximum atomic E-state index is 9.01. The predicted octanol–water partition coefficient (Wildman–Crippen LogP) is 2.54. The monoisotopic (exact) mass is 337 g/mol. The third-order valence-corrected chi connectivity index (χ3v) is 3.86. The predicted molar refractivity (Wildman–Crippen MR) is 83.5 cm³/mol. The molecule has 20 heavy (non-hydrogen) atoms. The lowest BCUT2D eigenvalue weighted by Crippen LogP contribution is -2.14. The van der Waals surface area contributed by atoms with Gasteiger partial charge in [0.1, 0.15) is 0 Å². The lowest BCUT2D eigenvalue weighted by atomic mass is 10.2. The van der Waals surface area contributed by atoms with Gasteiger partial charge >= 0.3 is 0 Å². The molecule has 0 aliphatic rings. The number of aryl methyl sites for hydroxylation is 1. The van der Waals surface area contributed by atoms with Crippen molar-refractivity contribution in [2.75, 3.05) is 6.61 Å². The number of rotatable bonds is 6. The third-order valence-electron chi connectivity index (χ3n) is 3.36. The van der Waals surface area contributed by atoms with Gasteiger partial charge in [0.25, 0.3) is 0 Å². The Morgan fingerprint density at radius 3 is 2.80 bits per heavy atom. The molecule has 0 saturated carbocycles. The van der Waals surface area contributed by atoms with Gasteiger partial charge in [0.2, 0.25) is 0 Å². The molecule has 1 aromatic carbocycles. The molecular formula is C15H20BrN3O. The molecule has 1 heterocycles. The lowest BCUT2D eigenvalue weighted by molar-refractivity contribution is 0.267. The van der Waals surface area contributed by atoms with E-state index in [1.807, 2.05) is 30.7 Å². The number of aliphatic hydroxyl groups is 1. The first kappa shape index (κ1) is 15.2. The Balaban J connectivity index is 1.97. The standard InChI is InChI=1S/C15H20BrN3O/c1-11-15(12(2)19(18-11)6-7-20)10-17-9-13-4-3-5-14(16)8-13/h3-5,8,17,20H,6-7,9-10H2,1-2H3. The van der Waals surface area contributed by atoms with E-state index < -0.39 is 0 Å². The van der Waals surface area contributed by atoms with Crippen LogP contribution < -0.4 is 5.32 Å². The molecule has 5 heteroatoms. The second kappa shape index (κ2) is 7.02. The summed E-state index contributed by atoms with van der Waals surface area (Å²) in [6.45, 7) is 6.34. The van der Waals surface area contributed by atoms with Gasteiger partial charge in [0.15, 0.2) is 0 Å². The molecule has 108 valence electrons. The van der Waals surface area contributed by atoms with E-state index in [2.05, 4.69) is 38.5 Å². The summed E-state index contributed by atoms with van der Waals surface area (Å²) in [5.74, 6) is 0. The molecule has 0 aliphatic carbocycles. The summed E-state index contributed by atoms with van der Waals surface area (Å²) in [6.07, 6.45) is 0. The van der Waals surface area contributed by atoms with Crippen molar-refractivity contribution in [2.45, 2.75) is 33.5 Å². The van der Waals surface area contributed by atoms with Gasteiger partial charge in [-0.1, -0.05) is 28.1 Å². The van der Waals surface area contributed by atoms with Crippen LogP contribution in [0.2, 0.25) is 0 Å². The minimum atomic E-state index is 0.118. The van der Waals surface area contributed by atoms with Crippen molar-refractivity contribution in [3.8, 4) is 0 Å². The highest BCUT2D eigenvalue weighted by Gasteiger charge is 2.10. The van der Waals surface area contributed by atoms with Gasteiger partial charge < -0.3 is 10.4 Å². The number of benzene rings is 1. The fourth-order valence-electron chi connectivity index (χ4n) is 2.28. The van der Waals surface area contributed by atoms with E-state index in [-0.39, 0.29) is 6.61 Å². The first-order chi connectivity index (χ1) is 9.61. The average Bonchev–Trinajstić information content (AvgIpc) is 2.67. The number of aliphatic hydroxyl groups excluding tert-OH is 1. The maximum Gasteiger partial charge on any atom is 0.0644 e. The second-order valence-corrected chi connectivity index (χ2v) is 5.75. The molecule has 2 aromatic rings. The topological polar surface area (TPSA) is 50.1 Å². The summed E-state index contributed by atoms with van der Waals surface area (Å²) in [4.78, 5) is 0. The highest BCUT2D eigenvalue weighted by Crippen LogP contribution is 2.14. The van der Waals surface area contributed by atoms with Gasteiger partial charge in [-0.15, -0.1) is 0 Å². The number of halogens is 1. The molecule has 0 atom stereocenters. The van der Waals surface area contributed by atoms with E-state index in [9.17, 15) is 0 Å². The first-order valence-electron chi connectivity index (χ1n) is 6.70. The van der Waals surface area contributed by atoms with E-state index in [1.165, 1.54) is 11.1 Å². The molecule has 2 N–H and O–H groups in total. The van der Waals surface area contributed by atoms with Crippen LogP contribution in [-0.2, 0) is 19.6 Å². The Bertz CT molecular complexity index is 580. The van der Waals surface area contributed by atoms with Gasteiger partial charge in [-0.3, -0.25) is 4.68 Å². The number of hydrogen-bond donors (Lipinski definition) is 2. The summed E-state index contributed by atoms with van der Waals surface area (Å²) >= 11 is 3.48. The number of nitrogens with zero attached hydrogens (tertiary/aromatic N) is 2. The van der Waals surface area contributed by atoms with Crippen LogP contribution in [-0.4, -0.2) is 21.5 Å². The molecule has 0 radical (unpaired) electrons. The van der Waals surface area contributed by atoms with Crippen LogP contribution >= 0.6 is 15.9 Å². The Kier molecular flexibility index (Phi) is 5.34. The van der Waals surface area contributed by atoms with Crippen molar-refractivity contribution in [1.82, 2.24) is 15.1 Å². The van der Waals surface area contributed by atoms with Crippen LogP contribution in [0.25, 0.3) is 0 Å². The summed E-state index contributed by atoms with van der Waals surface area (Å²) in [5, 5.41) is 16.9. The Hall–Kier alpha value is -1.17. The molecule has 0 aliphatic heterocycles. The zero-order valence-corrected chi connectivity index (χ0v) is 13.4. The Labute approximate surface area is 127 Å². The molecular weight excluding hydrogens is 318 g/mol. The Morgan fingerprint density at radius 2 is 2.10 bits per heavy atom. The summed E-state index contributed by atoms with van der Waals surface area (Å²) in [7, 11) is 0. The van der Waals surface area contributed by atoms with Crippen molar-refractivity contribution in [2.24, 2.45) is 0 Å². The first-order valence-corrected chi connectivity index (χ1v) is 7.50. The smallest absolute Gasteiger partial charge is 0.0644 e. The fourth-order valence-corrected chi connectivity index (χ4v) is 2.73.